The lowest BCUT2D eigenvalue weighted by molar-refractivity contribution is -0.128. The standard InChI is InChI=1S/C25H30FN3O4S/c26-20-8-6-18(7-9-20)14-15-29-17-19(16-24(29)30)25(31)27-21-10-12-23(13-11-21)34(32,33)28-22-4-2-1-3-5-22/h6-13,19,22,28H,1-5,14-17H2,(H,27,31)/t19-/m1/s1. The number of amides is 2. The molecule has 0 bridgehead atoms. The number of likely N-dealkylation sites (tertiary alicyclic amines) is 1. The molecule has 2 N–H and O–H groups in total. The second kappa shape index (κ2) is 10.7. The molecule has 1 aliphatic heterocycles. The highest BCUT2D eigenvalue weighted by atomic mass is 32.2. The second-order valence-electron chi connectivity index (χ2n) is 9.09. The number of halogens is 1. The third-order valence-electron chi connectivity index (χ3n) is 6.53. The molecule has 4 rings (SSSR count). The van der Waals surface area contributed by atoms with Crippen LogP contribution in [0.25, 0.3) is 0 Å². The van der Waals surface area contributed by atoms with E-state index in [1.54, 1.807) is 29.2 Å². The molecule has 0 radical (unpaired) electrons. The van der Waals surface area contributed by atoms with Crippen LogP contribution in [0.5, 0.6) is 0 Å². The van der Waals surface area contributed by atoms with Crippen molar-refractivity contribution in [3.8, 4) is 0 Å². The van der Waals surface area contributed by atoms with Gasteiger partial charge >= 0.3 is 0 Å². The minimum atomic E-state index is -3.60. The predicted molar refractivity (Wildman–Crippen MR) is 127 cm³/mol. The van der Waals surface area contributed by atoms with Crippen molar-refractivity contribution in [2.75, 3.05) is 18.4 Å². The summed E-state index contributed by atoms with van der Waals surface area (Å²) in [6, 6.07) is 12.2. The zero-order valence-corrected chi connectivity index (χ0v) is 19.8. The molecule has 2 aromatic rings. The molecule has 9 heteroatoms. The van der Waals surface area contributed by atoms with Crippen LogP contribution in [0, 0.1) is 11.7 Å². The largest absolute Gasteiger partial charge is 0.342 e. The summed E-state index contributed by atoms with van der Waals surface area (Å²) in [6.07, 6.45) is 5.64. The number of anilines is 1. The maximum atomic E-state index is 13.0. The Morgan fingerprint density at radius 1 is 1.00 bits per heavy atom. The average Bonchev–Trinajstić information content (AvgIpc) is 3.20. The fourth-order valence-corrected chi connectivity index (χ4v) is 5.85. The molecule has 2 amide bonds. The van der Waals surface area contributed by atoms with E-state index >= 15 is 0 Å². The third kappa shape index (κ3) is 6.21. The Labute approximate surface area is 199 Å². The van der Waals surface area contributed by atoms with E-state index in [1.807, 2.05) is 0 Å². The summed E-state index contributed by atoms with van der Waals surface area (Å²) in [5.74, 6) is -1.13. The fourth-order valence-electron chi connectivity index (χ4n) is 4.55. The molecule has 1 saturated heterocycles. The van der Waals surface area contributed by atoms with Crippen molar-refractivity contribution < 1.29 is 22.4 Å². The zero-order valence-electron chi connectivity index (χ0n) is 19.0. The number of rotatable bonds is 8. The Bertz CT molecular complexity index is 1110. The Morgan fingerprint density at radius 2 is 1.68 bits per heavy atom. The summed E-state index contributed by atoms with van der Waals surface area (Å²) in [6.45, 7) is 0.790. The van der Waals surface area contributed by atoms with Crippen LogP contribution in [-0.4, -0.2) is 44.3 Å². The molecule has 2 fully saturated rings. The number of carbonyl (C=O) groups excluding carboxylic acids is 2. The van der Waals surface area contributed by atoms with Crippen LogP contribution < -0.4 is 10.0 Å². The van der Waals surface area contributed by atoms with Gasteiger partial charge in [-0.1, -0.05) is 31.4 Å². The zero-order chi connectivity index (χ0) is 24.1. The van der Waals surface area contributed by atoms with E-state index in [4.69, 9.17) is 0 Å². The summed E-state index contributed by atoms with van der Waals surface area (Å²) in [5.41, 5.74) is 1.41. The van der Waals surface area contributed by atoms with Gasteiger partial charge in [-0.3, -0.25) is 9.59 Å². The summed E-state index contributed by atoms with van der Waals surface area (Å²) in [7, 11) is -3.60. The lowest BCUT2D eigenvalue weighted by atomic mass is 9.96. The van der Waals surface area contributed by atoms with Gasteiger partial charge in [0.15, 0.2) is 0 Å². The predicted octanol–water partition coefficient (Wildman–Crippen LogP) is 3.47. The summed E-state index contributed by atoms with van der Waals surface area (Å²) in [5, 5.41) is 2.79. The van der Waals surface area contributed by atoms with Crippen LogP contribution in [0.15, 0.2) is 53.4 Å². The molecule has 2 aromatic carbocycles. The van der Waals surface area contributed by atoms with Gasteiger partial charge in [0, 0.05) is 31.2 Å². The second-order valence-corrected chi connectivity index (χ2v) is 10.8. The molecule has 1 saturated carbocycles. The van der Waals surface area contributed by atoms with E-state index in [2.05, 4.69) is 10.0 Å². The van der Waals surface area contributed by atoms with Crippen LogP contribution in [0.4, 0.5) is 10.1 Å². The van der Waals surface area contributed by atoms with Gasteiger partial charge in [-0.2, -0.15) is 0 Å². The van der Waals surface area contributed by atoms with Crippen molar-refractivity contribution in [3.63, 3.8) is 0 Å². The topological polar surface area (TPSA) is 95.6 Å². The molecular weight excluding hydrogens is 457 g/mol. The smallest absolute Gasteiger partial charge is 0.240 e. The molecule has 0 spiro atoms. The van der Waals surface area contributed by atoms with Gasteiger partial charge in [0.1, 0.15) is 5.82 Å². The van der Waals surface area contributed by atoms with Gasteiger partial charge in [0.05, 0.1) is 10.8 Å². The summed E-state index contributed by atoms with van der Waals surface area (Å²) >= 11 is 0. The van der Waals surface area contributed by atoms with Crippen molar-refractivity contribution >= 4 is 27.5 Å². The van der Waals surface area contributed by atoms with Gasteiger partial charge in [0.25, 0.3) is 0 Å². The number of sulfonamides is 1. The van der Waals surface area contributed by atoms with Crippen LogP contribution in [0.2, 0.25) is 0 Å². The lowest BCUT2D eigenvalue weighted by Gasteiger charge is -2.22. The number of nitrogens with zero attached hydrogens (tertiary/aromatic N) is 1. The van der Waals surface area contributed by atoms with Crippen molar-refractivity contribution in [2.24, 2.45) is 5.92 Å². The highest BCUT2D eigenvalue weighted by Gasteiger charge is 2.34. The Balaban J connectivity index is 1.29. The maximum absolute atomic E-state index is 13.0. The maximum Gasteiger partial charge on any atom is 0.240 e. The van der Waals surface area contributed by atoms with Crippen molar-refractivity contribution in [1.29, 1.82) is 0 Å². The Hall–Kier alpha value is -2.78. The monoisotopic (exact) mass is 487 g/mol. The van der Waals surface area contributed by atoms with Gasteiger partial charge in [-0.05, 0) is 61.2 Å². The summed E-state index contributed by atoms with van der Waals surface area (Å²) < 4.78 is 41.1. The van der Waals surface area contributed by atoms with Gasteiger partial charge < -0.3 is 10.2 Å². The molecule has 1 atom stereocenters. The number of carbonyl (C=O) groups is 2. The first-order valence-electron chi connectivity index (χ1n) is 11.8. The van der Waals surface area contributed by atoms with Gasteiger partial charge in [-0.25, -0.2) is 17.5 Å². The van der Waals surface area contributed by atoms with E-state index in [1.165, 1.54) is 24.3 Å². The third-order valence-corrected chi connectivity index (χ3v) is 8.06. The molecule has 7 nitrogen and oxygen atoms in total. The van der Waals surface area contributed by atoms with E-state index < -0.39 is 15.9 Å². The molecule has 182 valence electrons. The molecule has 34 heavy (non-hydrogen) atoms. The van der Waals surface area contributed by atoms with Crippen molar-refractivity contribution in [3.05, 3.63) is 59.9 Å². The first-order valence-corrected chi connectivity index (χ1v) is 13.2. The molecule has 2 aliphatic rings. The first-order chi connectivity index (χ1) is 16.3. The molecule has 1 aliphatic carbocycles. The van der Waals surface area contributed by atoms with Gasteiger partial charge in [0.2, 0.25) is 21.8 Å². The number of benzene rings is 2. The minimum absolute atomic E-state index is 0.0240. The van der Waals surface area contributed by atoms with E-state index in [9.17, 15) is 22.4 Å². The Morgan fingerprint density at radius 3 is 2.35 bits per heavy atom. The molecule has 1 heterocycles. The van der Waals surface area contributed by atoms with E-state index in [-0.39, 0.29) is 35.0 Å². The van der Waals surface area contributed by atoms with E-state index in [0.29, 0.717) is 25.2 Å². The first kappa shape index (κ1) is 24.3. The molecule has 0 unspecified atom stereocenters. The molecule has 0 aromatic heterocycles. The van der Waals surface area contributed by atoms with Crippen LogP contribution in [0.1, 0.15) is 44.1 Å². The Kier molecular flexibility index (Phi) is 7.63. The quantitative estimate of drug-likeness (QED) is 0.596. The van der Waals surface area contributed by atoms with Crippen molar-refractivity contribution in [2.45, 2.75) is 55.9 Å². The average molecular weight is 488 g/mol. The van der Waals surface area contributed by atoms with Crippen LogP contribution in [-0.2, 0) is 26.0 Å². The van der Waals surface area contributed by atoms with Crippen LogP contribution >= 0.6 is 0 Å². The SMILES string of the molecule is O=C(Nc1ccc(S(=O)(=O)NC2CCCCC2)cc1)[C@@H]1CC(=O)N(CCc2ccc(F)cc2)C1. The number of hydrogen-bond acceptors (Lipinski definition) is 4. The number of nitrogens with one attached hydrogen (secondary N) is 2. The summed E-state index contributed by atoms with van der Waals surface area (Å²) in [4.78, 5) is 26.9. The lowest BCUT2D eigenvalue weighted by Crippen LogP contribution is -2.36. The van der Waals surface area contributed by atoms with Gasteiger partial charge in [-0.15, -0.1) is 0 Å². The molecular formula is C25H30FN3O4S. The fraction of sp³-hybridized carbons (Fsp3) is 0.440. The van der Waals surface area contributed by atoms with E-state index in [0.717, 1.165) is 37.7 Å². The van der Waals surface area contributed by atoms with Crippen LogP contribution in [0.3, 0.4) is 0 Å². The normalized spacial score (nSPS) is 19.4. The number of hydrogen-bond donors (Lipinski definition) is 2. The highest BCUT2D eigenvalue weighted by Crippen LogP contribution is 2.23. The minimum Gasteiger partial charge on any atom is -0.342 e. The highest BCUT2D eigenvalue weighted by molar-refractivity contribution is 7.89. The van der Waals surface area contributed by atoms with Crippen molar-refractivity contribution in [1.82, 2.24) is 9.62 Å².